The Morgan fingerprint density at radius 1 is 1.11 bits per heavy atom. The minimum atomic E-state index is -1.09. The SMILES string of the molecule is O=C1NC2(CCOc3ccccc32)C(=O)N1Cc1cc(Cl)c2c(c1)OCO2. The number of imide groups is 1. The summed E-state index contributed by atoms with van der Waals surface area (Å²) in [5.41, 5.74) is 0.275. The van der Waals surface area contributed by atoms with E-state index in [-0.39, 0.29) is 19.2 Å². The molecule has 0 radical (unpaired) electrons. The van der Waals surface area contributed by atoms with Gasteiger partial charge in [0.05, 0.1) is 18.2 Å². The second kappa shape index (κ2) is 5.79. The van der Waals surface area contributed by atoms with Crippen LogP contribution in [0.2, 0.25) is 5.02 Å². The monoisotopic (exact) mass is 386 g/mol. The highest BCUT2D eigenvalue weighted by molar-refractivity contribution is 6.32. The second-order valence-corrected chi connectivity index (χ2v) is 7.04. The van der Waals surface area contributed by atoms with Crippen molar-refractivity contribution >= 4 is 23.5 Å². The molecular formula is C19H15ClN2O5. The lowest BCUT2D eigenvalue weighted by Gasteiger charge is -2.33. The highest BCUT2D eigenvalue weighted by Gasteiger charge is 2.54. The zero-order valence-corrected chi connectivity index (χ0v) is 14.9. The topological polar surface area (TPSA) is 77.1 Å². The van der Waals surface area contributed by atoms with Crippen LogP contribution in [0.25, 0.3) is 0 Å². The minimum Gasteiger partial charge on any atom is -0.493 e. The summed E-state index contributed by atoms with van der Waals surface area (Å²) in [4.78, 5) is 27.1. The third-order valence-corrected chi connectivity index (χ3v) is 5.37. The van der Waals surface area contributed by atoms with Crippen LogP contribution in [0.3, 0.4) is 0 Å². The van der Waals surface area contributed by atoms with Gasteiger partial charge in [-0.25, -0.2) is 4.79 Å². The number of carbonyl (C=O) groups excluding carboxylic acids is 2. The number of benzene rings is 2. The first-order chi connectivity index (χ1) is 13.1. The molecule has 27 heavy (non-hydrogen) atoms. The number of rotatable bonds is 2. The smallest absolute Gasteiger partial charge is 0.325 e. The number of hydrogen-bond donors (Lipinski definition) is 1. The summed E-state index contributed by atoms with van der Waals surface area (Å²) in [5.74, 6) is 1.31. The second-order valence-electron chi connectivity index (χ2n) is 6.63. The van der Waals surface area contributed by atoms with E-state index in [0.717, 1.165) is 0 Å². The van der Waals surface area contributed by atoms with E-state index in [1.807, 2.05) is 18.2 Å². The van der Waals surface area contributed by atoms with Gasteiger partial charge < -0.3 is 19.5 Å². The van der Waals surface area contributed by atoms with Crippen LogP contribution in [0, 0.1) is 0 Å². The van der Waals surface area contributed by atoms with Gasteiger partial charge >= 0.3 is 6.03 Å². The Bertz CT molecular complexity index is 979. The first-order valence-corrected chi connectivity index (χ1v) is 8.91. The van der Waals surface area contributed by atoms with Crippen molar-refractivity contribution in [2.45, 2.75) is 18.5 Å². The van der Waals surface area contributed by atoms with Crippen LogP contribution in [-0.2, 0) is 16.9 Å². The fraction of sp³-hybridized carbons (Fsp3) is 0.263. The van der Waals surface area contributed by atoms with Gasteiger partial charge in [0.25, 0.3) is 5.91 Å². The molecule has 7 nitrogen and oxygen atoms in total. The van der Waals surface area contributed by atoms with Crippen molar-refractivity contribution in [1.82, 2.24) is 10.2 Å². The molecule has 3 aliphatic heterocycles. The number of fused-ring (bicyclic) bond motifs is 3. The number of ether oxygens (including phenoxy) is 3. The van der Waals surface area contributed by atoms with Crippen LogP contribution >= 0.6 is 11.6 Å². The number of hydrogen-bond acceptors (Lipinski definition) is 5. The minimum absolute atomic E-state index is 0.0891. The molecule has 0 aromatic heterocycles. The van der Waals surface area contributed by atoms with Gasteiger partial charge in [0.15, 0.2) is 17.0 Å². The first kappa shape index (κ1) is 16.3. The lowest BCUT2D eigenvalue weighted by atomic mass is 9.84. The molecule has 5 rings (SSSR count). The van der Waals surface area contributed by atoms with E-state index in [0.29, 0.717) is 46.4 Å². The third kappa shape index (κ3) is 2.35. The predicted molar refractivity (Wildman–Crippen MR) is 94.9 cm³/mol. The normalized spacial score (nSPS) is 22.6. The van der Waals surface area contributed by atoms with Crippen LogP contribution < -0.4 is 19.5 Å². The van der Waals surface area contributed by atoms with Crippen LogP contribution in [-0.4, -0.2) is 30.2 Å². The lowest BCUT2D eigenvalue weighted by molar-refractivity contribution is -0.133. The molecule has 1 fully saturated rings. The van der Waals surface area contributed by atoms with Gasteiger partial charge in [0.1, 0.15) is 5.75 Å². The molecule has 1 spiro atoms. The molecule has 3 amide bonds. The lowest BCUT2D eigenvalue weighted by Crippen LogP contribution is -2.47. The number of carbonyl (C=O) groups is 2. The maximum absolute atomic E-state index is 13.3. The average molecular weight is 387 g/mol. The van der Waals surface area contributed by atoms with E-state index < -0.39 is 11.6 Å². The molecular weight excluding hydrogens is 372 g/mol. The first-order valence-electron chi connectivity index (χ1n) is 8.53. The summed E-state index contributed by atoms with van der Waals surface area (Å²) >= 11 is 6.22. The maximum atomic E-state index is 13.3. The number of amides is 3. The van der Waals surface area contributed by atoms with Crippen molar-refractivity contribution in [2.75, 3.05) is 13.4 Å². The van der Waals surface area contributed by atoms with Gasteiger partial charge in [-0.15, -0.1) is 0 Å². The van der Waals surface area contributed by atoms with Gasteiger partial charge in [0, 0.05) is 12.0 Å². The molecule has 138 valence electrons. The molecule has 3 aliphatic rings. The van der Waals surface area contributed by atoms with Gasteiger partial charge in [0.2, 0.25) is 6.79 Å². The van der Waals surface area contributed by atoms with Crippen molar-refractivity contribution in [3.63, 3.8) is 0 Å². The van der Waals surface area contributed by atoms with Gasteiger partial charge in [-0.2, -0.15) is 0 Å². The van der Waals surface area contributed by atoms with Gasteiger partial charge in [-0.1, -0.05) is 29.8 Å². The molecule has 1 saturated heterocycles. The van der Waals surface area contributed by atoms with Crippen molar-refractivity contribution in [3.8, 4) is 17.2 Å². The number of urea groups is 1. The summed E-state index contributed by atoms with van der Waals surface area (Å²) in [5, 5.41) is 3.27. The van der Waals surface area contributed by atoms with Crippen molar-refractivity contribution < 1.29 is 23.8 Å². The van der Waals surface area contributed by atoms with Crippen LogP contribution in [0.4, 0.5) is 4.79 Å². The number of halogens is 1. The Hall–Kier alpha value is -2.93. The number of nitrogens with zero attached hydrogens (tertiary/aromatic N) is 1. The molecule has 8 heteroatoms. The quantitative estimate of drug-likeness (QED) is 0.803. The van der Waals surface area contributed by atoms with Gasteiger partial charge in [-0.3, -0.25) is 9.69 Å². The summed E-state index contributed by atoms with van der Waals surface area (Å²) in [7, 11) is 0. The van der Waals surface area contributed by atoms with Crippen molar-refractivity contribution in [3.05, 3.63) is 52.5 Å². The molecule has 1 unspecified atom stereocenters. The standard InChI is InChI=1S/C19H15ClN2O5/c20-13-7-11(8-15-16(13)27-10-26-15)9-22-17(23)19(21-18(22)24)5-6-25-14-4-2-1-3-12(14)19/h1-4,7-8H,5-6,9-10H2,(H,21,24). The Morgan fingerprint density at radius 3 is 2.85 bits per heavy atom. The summed E-state index contributed by atoms with van der Waals surface area (Å²) in [6, 6.07) is 10.3. The summed E-state index contributed by atoms with van der Waals surface area (Å²) in [6.45, 7) is 0.542. The molecule has 1 N–H and O–H groups in total. The predicted octanol–water partition coefficient (Wildman–Crippen LogP) is 2.80. The van der Waals surface area contributed by atoms with Gasteiger partial charge in [-0.05, 0) is 23.8 Å². The number of para-hydroxylation sites is 1. The fourth-order valence-electron chi connectivity index (χ4n) is 3.81. The van der Waals surface area contributed by atoms with E-state index in [9.17, 15) is 9.59 Å². The van der Waals surface area contributed by atoms with Crippen molar-refractivity contribution in [2.24, 2.45) is 0 Å². The molecule has 3 heterocycles. The fourth-order valence-corrected chi connectivity index (χ4v) is 4.10. The van der Waals surface area contributed by atoms with E-state index in [1.54, 1.807) is 18.2 Å². The zero-order chi connectivity index (χ0) is 18.6. The average Bonchev–Trinajstić information content (AvgIpc) is 3.22. The van der Waals surface area contributed by atoms with Crippen LogP contribution in [0.15, 0.2) is 36.4 Å². The summed E-state index contributed by atoms with van der Waals surface area (Å²) in [6.07, 6.45) is 0.382. The molecule has 0 aliphatic carbocycles. The Balaban J connectivity index is 1.49. The highest BCUT2D eigenvalue weighted by Crippen LogP contribution is 2.43. The van der Waals surface area contributed by atoms with Crippen molar-refractivity contribution in [1.29, 1.82) is 0 Å². The molecule has 0 saturated carbocycles. The third-order valence-electron chi connectivity index (χ3n) is 5.08. The molecule has 2 aromatic carbocycles. The number of nitrogens with one attached hydrogen (secondary N) is 1. The molecule has 1 atom stereocenters. The van der Waals surface area contributed by atoms with E-state index >= 15 is 0 Å². The Morgan fingerprint density at radius 2 is 1.96 bits per heavy atom. The Labute approximate surface area is 159 Å². The van der Waals surface area contributed by atoms with Crippen LogP contribution in [0.1, 0.15) is 17.5 Å². The van der Waals surface area contributed by atoms with E-state index in [1.165, 1.54) is 4.90 Å². The maximum Gasteiger partial charge on any atom is 0.325 e. The zero-order valence-electron chi connectivity index (χ0n) is 14.2. The highest BCUT2D eigenvalue weighted by atomic mass is 35.5. The Kier molecular flexibility index (Phi) is 3.48. The summed E-state index contributed by atoms with van der Waals surface area (Å²) < 4.78 is 16.3. The molecule has 0 bridgehead atoms. The molecule has 2 aromatic rings. The van der Waals surface area contributed by atoms with E-state index in [4.69, 9.17) is 25.8 Å². The van der Waals surface area contributed by atoms with E-state index in [2.05, 4.69) is 5.32 Å². The largest absolute Gasteiger partial charge is 0.493 e. The van der Waals surface area contributed by atoms with Crippen LogP contribution in [0.5, 0.6) is 17.2 Å².